The molecular formula is C15H16FNO. The lowest BCUT2D eigenvalue weighted by Crippen LogP contribution is -2.14. The minimum atomic E-state index is -0.241. The van der Waals surface area contributed by atoms with Crippen LogP contribution in [0.3, 0.4) is 0 Å². The summed E-state index contributed by atoms with van der Waals surface area (Å²) < 4.78 is 18.8. The fourth-order valence-electron chi connectivity index (χ4n) is 1.83. The van der Waals surface area contributed by atoms with Crippen LogP contribution >= 0.6 is 0 Å². The first-order valence-corrected chi connectivity index (χ1v) is 5.87. The van der Waals surface area contributed by atoms with Gasteiger partial charge in [-0.05, 0) is 17.7 Å². The summed E-state index contributed by atoms with van der Waals surface area (Å²) >= 11 is 0. The molecule has 3 heteroatoms. The summed E-state index contributed by atoms with van der Waals surface area (Å²) in [6.45, 7) is 1.16. The second-order valence-electron chi connectivity index (χ2n) is 4.01. The van der Waals surface area contributed by atoms with E-state index in [2.05, 4.69) is 5.32 Å². The van der Waals surface area contributed by atoms with E-state index in [-0.39, 0.29) is 5.82 Å². The number of benzene rings is 2. The van der Waals surface area contributed by atoms with Crippen molar-refractivity contribution in [1.29, 1.82) is 0 Å². The highest BCUT2D eigenvalue weighted by molar-refractivity contribution is 5.34. The SMILES string of the molecule is COc1cccc(F)c1CNCc1ccccc1. The maximum absolute atomic E-state index is 13.6. The Morgan fingerprint density at radius 2 is 1.78 bits per heavy atom. The number of hydrogen-bond donors (Lipinski definition) is 1. The van der Waals surface area contributed by atoms with Gasteiger partial charge in [0.1, 0.15) is 11.6 Å². The molecule has 0 aliphatic heterocycles. The summed E-state index contributed by atoms with van der Waals surface area (Å²) in [5.74, 6) is 0.338. The molecule has 94 valence electrons. The van der Waals surface area contributed by atoms with Crippen molar-refractivity contribution in [3.05, 3.63) is 65.5 Å². The van der Waals surface area contributed by atoms with Crippen LogP contribution in [0, 0.1) is 5.82 Å². The molecule has 0 saturated heterocycles. The van der Waals surface area contributed by atoms with Crippen LogP contribution in [0.4, 0.5) is 4.39 Å². The second kappa shape index (κ2) is 6.17. The summed E-state index contributed by atoms with van der Waals surface area (Å²) in [4.78, 5) is 0. The van der Waals surface area contributed by atoms with Gasteiger partial charge in [0.15, 0.2) is 0 Å². The van der Waals surface area contributed by atoms with Crippen LogP contribution in [0.2, 0.25) is 0 Å². The Kier molecular flexibility index (Phi) is 4.31. The van der Waals surface area contributed by atoms with Crippen molar-refractivity contribution in [1.82, 2.24) is 5.32 Å². The fraction of sp³-hybridized carbons (Fsp3) is 0.200. The number of rotatable bonds is 5. The van der Waals surface area contributed by atoms with Crippen LogP contribution in [0.1, 0.15) is 11.1 Å². The molecule has 0 radical (unpaired) electrons. The highest BCUT2D eigenvalue weighted by Crippen LogP contribution is 2.20. The van der Waals surface area contributed by atoms with Crippen LogP contribution in [-0.2, 0) is 13.1 Å². The third kappa shape index (κ3) is 3.08. The van der Waals surface area contributed by atoms with E-state index >= 15 is 0 Å². The molecule has 0 aliphatic carbocycles. The van der Waals surface area contributed by atoms with Crippen molar-refractivity contribution in [3.8, 4) is 5.75 Å². The third-order valence-corrected chi connectivity index (χ3v) is 2.77. The van der Waals surface area contributed by atoms with Gasteiger partial charge in [0.05, 0.1) is 7.11 Å². The molecule has 0 amide bonds. The zero-order valence-corrected chi connectivity index (χ0v) is 10.3. The lowest BCUT2D eigenvalue weighted by atomic mass is 10.1. The number of nitrogens with one attached hydrogen (secondary N) is 1. The highest BCUT2D eigenvalue weighted by Gasteiger charge is 2.07. The van der Waals surface area contributed by atoms with Crippen molar-refractivity contribution in [2.24, 2.45) is 0 Å². The van der Waals surface area contributed by atoms with Gasteiger partial charge in [0.2, 0.25) is 0 Å². The van der Waals surface area contributed by atoms with Crippen molar-refractivity contribution >= 4 is 0 Å². The van der Waals surface area contributed by atoms with Crippen LogP contribution < -0.4 is 10.1 Å². The van der Waals surface area contributed by atoms with Gasteiger partial charge >= 0.3 is 0 Å². The molecule has 0 fully saturated rings. The standard InChI is InChI=1S/C15H16FNO/c1-18-15-9-5-8-14(16)13(15)11-17-10-12-6-3-2-4-7-12/h2-9,17H,10-11H2,1H3. The van der Waals surface area contributed by atoms with E-state index in [9.17, 15) is 4.39 Å². The summed E-state index contributed by atoms with van der Waals surface area (Å²) in [5, 5.41) is 3.21. The summed E-state index contributed by atoms with van der Waals surface area (Å²) in [6, 6.07) is 14.9. The molecule has 0 unspecified atom stereocenters. The van der Waals surface area contributed by atoms with Gasteiger partial charge in [-0.25, -0.2) is 4.39 Å². The van der Waals surface area contributed by atoms with Gasteiger partial charge in [0, 0.05) is 18.7 Å². The van der Waals surface area contributed by atoms with Crippen molar-refractivity contribution in [2.75, 3.05) is 7.11 Å². The lowest BCUT2D eigenvalue weighted by Gasteiger charge is -2.10. The smallest absolute Gasteiger partial charge is 0.131 e. The summed E-state index contributed by atoms with van der Waals surface area (Å²) in [6.07, 6.45) is 0. The molecule has 0 spiro atoms. The molecule has 2 aromatic carbocycles. The average molecular weight is 245 g/mol. The molecule has 18 heavy (non-hydrogen) atoms. The van der Waals surface area contributed by atoms with Crippen LogP contribution in [0.15, 0.2) is 48.5 Å². The first-order chi connectivity index (χ1) is 8.81. The summed E-state index contributed by atoms with van der Waals surface area (Å²) in [7, 11) is 1.55. The molecule has 0 bridgehead atoms. The van der Waals surface area contributed by atoms with Crippen molar-refractivity contribution in [3.63, 3.8) is 0 Å². The maximum atomic E-state index is 13.6. The monoisotopic (exact) mass is 245 g/mol. The summed E-state index contributed by atoms with van der Waals surface area (Å²) in [5.41, 5.74) is 1.74. The van der Waals surface area contributed by atoms with Crippen LogP contribution in [0.25, 0.3) is 0 Å². The number of halogens is 1. The van der Waals surface area contributed by atoms with E-state index in [0.717, 1.165) is 0 Å². The molecule has 0 heterocycles. The first-order valence-electron chi connectivity index (χ1n) is 5.87. The molecule has 0 aliphatic rings. The van der Waals surface area contributed by atoms with E-state index in [1.54, 1.807) is 19.2 Å². The maximum Gasteiger partial charge on any atom is 0.131 e. The molecule has 2 nitrogen and oxygen atoms in total. The van der Waals surface area contributed by atoms with Crippen LogP contribution in [0.5, 0.6) is 5.75 Å². The number of methoxy groups -OCH3 is 1. The Bertz CT molecular complexity index is 499. The fourth-order valence-corrected chi connectivity index (χ4v) is 1.83. The van der Waals surface area contributed by atoms with E-state index in [1.165, 1.54) is 11.6 Å². The Morgan fingerprint density at radius 3 is 2.50 bits per heavy atom. The highest BCUT2D eigenvalue weighted by atomic mass is 19.1. The predicted molar refractivity (Wildman–Crippen MR) is 69.9 cm³/mol. The van der Waals surface area contributed by atoms with Crippen molar-refractivity contribution in [2.45, 2.75) is 13.1 Å². The Labute approximate surface area is 106 Å². The number of ether oxygens (including phenoxy) is 1. The van der Waals surface area contributed by atoms with Gasteiger partial charge in [-0.1, -0.05) is 36.4 Å². The molecular weight excluding hydrogens is 229 g/mol. The molecule has 2 aromatic rings. The third-order valence-electron chi connectivity index (χ3n) is 2.77. The second-order valence-corrected chi connectivity index (χ2v) is 4.01. The van der Waals surface area contributed by atoms with E-state index in [1.807, 2.05) is 30.3 Å². The number of hydrogen-bond acceptors (Lipinski definition) is 2. The zero-order valence-electron chi connectivity index (χ0n) is 10.3. The van der Waals surface area contributed by atoms with Gasteiger partial charge in [-0.15, -0.1) is 0 Å². The largest absolute Gasteiger partial charge is 0.496 e. The lowest BCUT2D eigenvalue weighted by molar-refractivity contribution is 0.402. The van der Waals surface area contributed by atoms with Gasteiger partial charge in [-0.2, -0.15) is 0 Å². The van der Waals surface area contributed by atoms with Gasteiger partial charge in [-0.3, -0.25) is 0 Å². The Hall–Kier alpha value is -1.87. The quantitative estimate of drug-likeness (QED) is 0.873. The molecule has 2 rings (SSSR count). The van der Waals surface area contributed by atoms with Gasteiger partial charge < -0.3 is 10.1 Å². The Balaban J connectivity index is 1.98. The van der Waals surface area contributed by atoms with Crippen LogP contribution in [-0.4, -0.2) is 7.11 Å². The van der Waals surface area contributed by atoms with E-state index in [0.29, 0.717) is 24.4 Å². The normalized spacial score (nSPS) is 10.3. The molecule has 0 atom stereocenters. The molecule has 1 N–H and O–H groups in total. The minimum Gasteiger partial charge on any atom is -0.496 e. The Morgan fingerprint density at radius 1 is 1.00 bits per heavy atom. The average Bonchev–Trinajstić information content (AvgIpc) is 2.41. The molecule has 0 saturated carbocycles. The zero-order chi connectivity index (χ0) is 12.8. The topological polar surface area (TPSA) is 21.3 Å². The predicted octanol–water partition coefficient (Wildman–Crippen LogP) is 3.12. The first kappa shape index (κ1) is 12.6. The van der Waals surface area contributed by atoms with E-state index < -0.39 is 0 Å². The van der Waals surface area contributed by atoms with E-state index in [4.69, 9.17) is 4.74 Å². The van der Waals surface area contributed by atoms with Gasteiger partial charge in [0.25, 0.3) is 0 Å². The molecule has 0 aromatic heterocycles. The minimum absolute atomic E-state index is 0.241. The van der Waals surface area contributed by atoms with Crippen molar-refractivity contribution < 1.29 is 9.13 Å².